The van der Waals surface area contributed by atoms with Crippen molar-refractivity contribution in [1.29, 1.82) is 0 Å². The SMILES string of the molecule is FC(F)(F)C(F)(F)C(F)(F)C(F)(Br)Br. The first-order chi connectivity index (χ1) is 5.75. The number of rotatable bonds is 2. The van der Waals surface area contributed by atoms with Crippen LogP contribution in [-0.2, 0) is 0 Å². The smallest absolute Gasteiger partial charge is 0.211 e. The zero-order valence-electron chi connectivity index (χ0n) is 5.78. The van der Waals surface area contributed by atoms with Crippen LogP contribution in [0.1, 0.15) is 0 Å². The fourth-order valence-corrected chi connectivity index (χ4v) is 0.854. The topological polar surface area (TPSA) is 0 Å². The van der Waals surface area contributed by atoms with Crippen LogP contribution in [-0.4, -0.2) is 21.5 Å². The Balaban J connectivity index is 5.30. The molecule has 0 amide bonds. The summed E-state index contributed by atoms with van der Waals surface area (Å²) in [4.78, 5) is 0. The van der Waals surface area contributed by atoms with E-state index in [1.54, 1.807) is 0 Å². The fourth-order valence-electron chi connectivity index (χ4n) is 0.356. The van der Waals surface area contributed by atoms with Crippen molar-refractivity contribution in [3.63, 3.8) is 0 Å². The third kappa shape index (κ3) is 2.15. The summed E-state index contributed by atoms with van der Waals surface area (Å²) in [5, 5.41) is 0. The van der Waals surface area contributed by atoms with Crippen molar-refractivity contribution in [2.45, 2.75) is 21.5 Å². The van der Waals surface area contributed by atoms with Crippen LogP contribution in [0.25, 0.3) is 0 Å². The first-order valence-electron chi connectivity index (χ1n) is 2.64. The van der Waals surface area contributed by atoms with E-state index in [9.17, 15) is 35.1 Å². The monoisotopic (exact) mass is 358 g/mol. The second-order valence-corrected chi connectivity index (χ2v) is 5.39. The molecule has 0 aliphatic carbocycles. The van der Waals surface area contributed by atoms with E-state index >= 15 is 0 Å². The molecule has 0 saturated carbocycles. The molecule has 0 aromatic heterocycles. The standard InChI is InChI=1S/C4Br2F8/c5-3(6,11)1(7,8)2(9,10)4(12,13)14. The zero-order valence-corrected chi connectivity index (χ0v) is 8.95. The normalized spacial score (nSPS) is 15.9. The lowest BCUT2D eigenvalue weighted by Gasteiger charge is -2.31. The lowest BCUT2D eigenvalue weighted by atomic mass is 10.2. The van der Waals surface area contributed by atoms with E-state index in [0.717, 1.165) is 0 Å². The lowest BCUT2D eigenvalue weighted by Crippen LogP contribution is -2.58. The van der Waals surface area contributed by atoms with Gasteiger partial charge in [0.15, 0.2) is 0 Å². The summed E-state index contributed by atoms with van der Waals surface area (Å²) in [6.45, 7) is 0. The molecule has 0 unspecified atom stereocenters. The predicted octanol–water partition coefficient (Wildman–Crippen LogP) is 4.23. The first-order valence-corrected chi connectivity index (χ1v) is 4.23. The molecule has 86 valence electrons. The third-order valence-electron chi connectivity index (χ3n) is 1.11. The molecule has 0 saturated heterocycles. The number of alkyl halides is 10. The van der Waals surface area contributed by atoms with Gasteiger partial charge in [-0.15, -0.1) is 0 Å². The summed E-state index contributed by atoms with van der Waals surface area (Å²) < 4.78 is 90.8. The van der Waals surface area contributed by atoms with Gasteiger partial charge in [-0.3, -0.25) is 0 Å². The summed E-state index contributed by atoms with van der Waals surface area (Å²) in [6, 6.07) is 0. The van der Waals surface area contributed by atoms with Crippen LogP contribution < -0.4 is 0 Å². The Morgan fingerprint density at radius 2 is 0.857 bits per heavy atom. The highest BCUT2D eigenvalue weighted by atomic mass is 79.9. The average molecular weight is 360 g/mol. The Morgan fingerprint density at radius 1 is 0.571 bits per heavy atom. The molecule has 14 heavy (non-hydrogen) atoms. The minimum Gasteiger partial charge on any atom is -0.211 e. The summed E-state index contributed by atoms with van der Waals surface area (Å²) >= 11 is 2.70. The van der Waals surface area contributed by atoms with Crippen LogP contribution in [0.2, 0.25) is 0 Å². The molecule has 0 aromatic rings. The van der Waals surface area contributed by atoms with Crippen molar-refractivity contribution < 1.29 is 35.1 Å². The van der Waals surface area contributed by atoms with Gasteiger partial charge in [-0.2, -0.15) is 30.7 Å². The van der Waals surface area contributed by atoms with Gasteiger partial charge in [0.25, 0.3) is 3.49 Å². The van der Waals surface area contributed by atoms with Crippen LogP contribution in [0.5, 0.6) is 0 Å². The van der Waals surface area contributed by atoms with Gasteiger partial charge in [-0.05, 0) is 31.9 Å². The fraction of sp³-hybridized carbons (Fsp3) is 1.00. The van der Waals surface area contributed by atoms with E-state index in [2.05, 4.69) is 0 Å². The van der Waals surface area contributed by atoms with Crippen LogP contribution in [0.4, 0.5) is 35.1 Å². The van der Waals surface area contributed by atoms with Crippen LogP contribution in [0, 0.1) is 0 Å². The lowest BCUT2D eigenvalue weighted by molar-refractivity contribution is -0.361. The predicted molar refractivity (Wildman–Crippen MR) is 37.6 cm³/mol. The largest absolute Gasteiger partial charge is 0.460 e. The summed E-state index contributed by atoms with van der Waals surface area (Å²) in [7, 11) is 0. The Labute approximate surface area is 88.9 Å². The molecule has 0 atom stereocenters. The molecule has 0 spiro atoms. The van der Waals surface area contributed by atoms with Crippen molar-refractivity contribution in [2.24, 2.45) is 0 Å². The maximum Gasteiger partial charge on any atom is 0.460 e. The Kier molecular flexibility index (Phi) is 3.56. The molecule has 0 N–H and O–H groups in total. The van der Waals surface area contributed by atoms with Crippen LogP contribution in [0.15, 0.2) is 0 Å². The molecule has 0 aromatic carbocycles. The van der Waals surface area contributed by atoms with Crippen molar-refractivity contribution in [3.8, 4) is 0 Å². The quantitative estimate of drug-likeness (QED) is 0.511. The van der Waals surface area contributed by atoms with E-state index in [4.69, 9.17) is 0 Å². The Morgan fingerprint density at radius 3 is 0.929 bits per heavy atom. The van der Waals surface area contributed by atoms with E-state index < -0.39 is 21.5 Å². The molecular formula is C4Br2F8. The molecule has 0 heterocycles. The van der Waals surface area contributed by atoms with Crippen molar-refractivity contribution in [2.75, 3.05) is 0 Å². The van der Waals surface area contributed by atoms with E-state index in [1.807, 2.05) is 0 Å². The average Bonchev–Trinajstić information content (AvgIpc) is 1.81. The highest BCUT2D eigenvalue weighted by molar-refractivity contribution is 9.25. The van der Waals surface area contributed by atoms with E-state index in [1.165, 1.54) is 31.9 Å². The van der Waals surface area contributed by atoms with E-state index in [0.29, 0.717) is 0 Å². The summed E-state index contributed by atoms with van der Waals surface area (Å²) in [6.07, 6.45) is -6.55. The Bertz CT molecular complexity index is 188. The van der Waals surface area contributed by atoms with Gasteiger partial charge in [-0.1, -0.05) is 0 Å². The number of halogens is 10. The molecule has 0 bridgehead atoms. The minimum absolute atomic E-state index is 1.35. The second kappa shape index (κ2) is 3.46. The van der Waals surface area contributed by atoms with Gasteiger partial charge in [-0.25, -0.2) is 4.39 Å². The molecule has 0 fully saturated rings. The minimum atomic E-state index is -6.55. The molecule has 0 radical (unpaired) electrons. The molecule has 0 aliphatic heterocycles. The molecule has 0 nitrogen and oxygen atoms in total. The van der Waals surface area contributed by atoms with Crippen molar-refractivity contribution >= 4 is 31.9 Å². The van der Waals surface area contributed by atoms with Gasteiger partial charge in [0.2, 0.25) is 0 Å². The molecule has 0 aliphatic rings. The highest BCUT2D eigenvalue weighted by Gasteiger charge is 2.79. The maximum absolute atomic E-state index is 12.3. The van der Waals surface area contributed by atoms with Crippen molar-refractivity contribution in [1.82, 2.24) is 0 Å². The van der Waals surface area contributed by atoms with Gasteiger partial charge >= 0.3 is 18.0 Å². The van der Waals surface area contributed by atoms with Crippen LogP contribution in [0.3, 0.4) is 0 Å². The van der Waals surface area contributed by atoms with Gasteiger partial charge in [0.1, 0.15) is 0 Å². The van der Waals surface area contributed by atoms with Gasteiger partial charge in [0.05, 0.1) is 0 Å². The first kappa shape index (κ1) is 14.4. The molecule has 10 heteroatoms. The van der Waals surface area contributed by atoms with Crippen molar-refractivity contribution in [3.05, 3.63) is 0 Å². The van der Waals surface area contributed by atoms with Crippen LogP contribution >= 0.6 is 31.9 Å². The maximum atomic E-state index is 12.3. The number of hydrogen-bond acceptors (Lipinski definition) is 0. The van der Waals surface area contributed by atoms with Gasteiger partial charge < -0.3 is 0 Å². The Hall–Kier alpha value is 0.400. The summed E-state index contributed by atoms with van der Waals surface area (Å²) in [5.41, 5.74) is 0. The van der Waals surface area contributed by atoms with E-state index in [-0.39, 0.29) is 0 Å². The highest BCUT2D eigenvalue weighted by Crippen LogP contribution is 2.56. The van der Waals surface area contributed by atoms with Gasteiger partial charge in [0, 0.05) is 0 Å². The zero-order chi connectivity index (χ0) is 12.0. The third-order valence-corrected chi connectivity index (χ3v) is 2.10. The second-order valence-electron chi connectivity index (χ2n) is 2.14. The number of hydrogen-bond donors (Lipinski definition) is 0. The molecule has 0 rings (SSSR count). The molecular weight excluding hydrogens is 360 g/mol. The summed E-state index contributed by atoms with van der Waals surface area (Å²) in [5.74, 6) is -12.5.